The molecular weight excluding hydrogens is 377 g/mol. The van der Waals surface area contributed by atoms with Crippen molar-refractivity contribution in [2.75, 3.05) is 21.1 Å². The van der Waals surface area contributed by atoms with Gasteiger partial charge < -0.3 is 4.89 Å². The highest BCUT2D eigenvalue weighted by Gasteiger charge is 2.53. The van der Waals surface area contributed by atoms with Crippen LogP contribution in [0.4, 0.5) is 0 Å². The number of hydrogen-bond acceptors (Lipinski definition) is 2. The Morgan fingerprint density at radius 2 is 1.14 bits per heavy atom. The molecule has 0 saturated carbocycles. The summed E-state index contributed by atoms with van der Waals surface area (Å²) >= 11 is 0. The highest BCUT2D eigenvalue weighted by molar-refractivity contribution is 7.38. The number of hydrogen-bond donors (Lipinski definition) is 0. The van der Waals surface area contributed by atoms with Crippen molar-refractivity contribution in [3.8, 4) is 0 Å². The second kappa shape index (κ2) is 17.4. The molecule has 0 radical (unpaired) electrons. The molecule has 4 heteroatoms. The molecular formula is C25H51NO2P+. The predicted molar refractivity (Wildman–Crippen MR) is 127 cm³/mol. The molecule has 0 heterocycles. The predicted octanol–water partition coefficient (Wildman–Crippen LogP) is 7.72. The Balaban J connectivity index is 3.78. The molecule has 2 atom stereocenters. The highest BCUT2D eigenvalue weighted by atomic mass is 31.1. The molecule has 0 amide bonds. The first-order valence-corrected chi connectivity index (χ1v) is 13.6. The topological polar surface area (TPSA) is 40.1 Å². The standard InChI is InChI=1S/C25H51NO2P/c1-6-8-9-10-11-12-13-14-15-16-17-18-19-20-21-22-24-25(23-7-2,29(27)28)26(3,4)5/h16-17H,6-15,18-24H2,1-5H3/q+1/b17-16-. The molecule has 0 aliphatic carbocycles. The summed E-state index contributed by atoms with van der Waals surface area (Å²) < 4.78 is 12.6. The first kappa shape index (κ1) is 28.8. The maximum atomic E-state index is 12.1. The van der Waals surface area contributed by atoms with E-state index in [4.69, 9.17) is 0 Å². The van der Waals surface area contributed by atoms with Crippen LogP contribution in [0.3, 0.4) is 0 Å². The molecule has 29 heavy (non-hydrogen) atoms. The van der Waals surface area contributed by atoms with Crippen LogP contribution in [0.5, 0.6) is 0 Å². The van der Waals surface area contributed by atoms with E-state index in [1.807, 2.05) is 21.1 Å². The van der Waals surface area contributed by atoms with Gasteiger partial charge in [-0.2, -0.15) is 0 Å². The first-order valence-electron chi connectivity index (χ1n) is 12.4. The largest absolute Gasteiger partial charge is 0.590 e. The third-order valence-electron chi connectivity index (χ3n) is 6.33. The highest BCUT2D eigenvalue weighted by Crippen LogP contribution is 2.45. The van der Waals surface area contributed by atoms with E-state index in [9.17, 15) is 9.46 Å². The van der Waals surface area contributed by atoms with Gasteiger partial charge in [-0.15, -0.1) is 0 Å². The molecule has 0 saturated heterocycles. The van der Waals surface area contributed by atoms with Crippen molar-refractivity contribution < 1.29 is 13.9 Å². The van der Waals surface area contributed by atoms with Crippen LogP contribution in [0.25, 0.3) is 0 Å². The molecule has 0 bridgehead atoms. The van der Waals surface area contributed by atoms with Gasteiger partial charge >= 0.3 is 8.03 Å². The molecule has 0 aromatic heterocycles. The van der Waals surface area contributed by atoms with Crippen molar-refractivity contribution in [2.45, 2.75) is 128 Å². The molecule has 2 unspecified atom stereocenters. The molecule has 3 nitrogen and oxygen atoms in total. The van der Waals surface area contributed by atoms with E-state index in [0.717, 1.165) is 32.1 Å². The lowest BCUT2D eigenvalue weighted by atomic mass is 9.99. The van der Waals surface area contributed by atoms with Crippen LogP contribution in [0.1, 0.15) is 123 Å². The average molecular weight is 429 g/mol. The summed E-state index contributed by atoms with van der Waals surface area (Å²) in [6.07, 6.45) is 25.3. The minimum atomic E-state index is -2.42. The molecule has 0 aliphatic heterocycles. The summed E-state index contributed by atoms with van der Waals surface area (Å²) in [5.74, 6) is 0. The zero-order valence-electron chi connectivity index (χ0n) is 20.4. The Kier molecular flexibility index (Phi) is 17.3. The number of nitrogens with zero attached hydrogens (tertiary/aromatic N) is 1. The van der Waals surface area contributed by atoms with Crippen LogP contribution in [-0.4, -0.2) is 30.9 Å². The van der Waals surface area contributed by atoms with E-state index in [0.29, 0.717) is 4.48 Å². The maximum absolute atomic E-state index is 12.1. The lowest BCUT2D eigenvalue weighted by Crippen LogP contribution is -2.55. The Hall–Kier alpha value is -0.240. The zero-order chi connectivity index (χ0) is 22.0. The van der Waals surface area contributed by atoms with Gasteiger partial charge in [0.2, 0.25) is 0 Å². The minimum absolute atomic E-state index is 0.515. The van der Waals surface area contributed by atoms with E-state index in [1.54, 1.807) is 0 Å². The quantitative estimate of drug-likeness (QED) is 0.0861. The van der Waals surface area contributed by atoms with Crippen molar-refractivity contribution in [3.05, 3.63) is 12.2 Å². The SMILES string of the molecule is CCCCCCCCCC/C=C\CCCCCCC(CCC)([P+](=O)[O-])[N+](C)(C)C. The lowest BCUT2D eigenvalue weighted by molar-refractivity contribution is -0.910. The molecule has 0 fully saturated rings. The van der Waals surface area contributed by atoms with Gasteiger partial charge in [-0.3, -0.25) is 4.48 Å². The minimum Gasteiger partial charge on any atom is -0.590 e. The third kappa shape index (κ3) is 12.9. The Labute approximate surface area is 183 Å². The first-order chi connectivity index (χ1) is 13.8. The van der Waals surface area contributed by atoms with Gasteiger partial charge in [0.15, 0.2) is 0 Å². The van der Waals surface area contributed by atoms with Crippen molar-refractivity contribution >= 4 is 8.03 Å². The molecule has 0 aromatic carbocycles. The Bertz CT molecular complexity index is 431. The fraction of sp³-hybridized carbons (Fsp3) is 0.920. The molecule has 0 aliphatic rings. The van der Waals surface area contributed by atoms with E-state index < -0.39 is 13.3 Å². The summed E-state index contributed by atoms with van der Waals surface area (Å²) in [5.41, 5.74) is 0. The van der Waals surface area contributed by atoms with Gasteiger partial charge in [-0.25, -0.2) is 0 Å². The van der Waals surface area contributed by atoms with Crippen LogP contribution in [0, 0.1) is 0 Å². The maximum Gasteiger partial charge on any atom is 0.376 e. The van der Waals surface area contributed by atoms with Gasteiger partial charge in [0, 0.05) is 12.8 Å². The molecule has 0 N–H and O–H groups in total. The second-order valence-corrected chi connectivity index (χ2v) is 11.0. The van der Waals surface area contributed by atoms with E-state index in [-0.39, 0.29) is 0 Å². The third-order valence-corrected chi connectivity index (χ3v) is 8.05. The van der Waals surface area contributed by atoms with E-state index in [2.05, 4.69) is 26.0 Å². The smallest absolute Gasteiger partial charge is 0.376 e. The number of unbranched alkanes of at least 4 members (excludes halogenated alkanes) is 12. The Morgan fingerprint density at radius 1 is 0.690 bits per heavy atom. The average Bonchev–Trinajstić information content (AvgIpc) is 2.65. The van der Waals surface area contributed by atoms with E-state index >= 15 is 0 Å². The molecule has 0 aromatic rings. The van der Waals surface area contributed by atoms with Crippen molar-refractivity contribution in [1.82, 2.24) is 0 Å². The zero-order valence-corrected chi connectivity index (χ0v) is 21.3. The summed E-state index contributed by atoms with van der Waals surface area (Å²) in [4.78, 5) is 12.1. The van der Waals surface area contributed by atoms with Crippen LogP contribution in [-0.2, 0) is 4.57 Å². The van der Waals surface area contributed by atoms with E-state index in [1.165, 1.54) is 77.0 Å². The monoisotopic (exact) mass is 428 g/mol. The number of rotatable bonds is 20. The van der Waals surface area contributed by atoms with Crippen molar-refractivity contribution in [1.29, 1.82) is 0 Å². The number of quaternary nitrogens is 1. The summed E-state index contributed by atoms with van der Waals surface area (Å²) in [5, 5.41) is -0.597. The van der Waals surface area contributed by atoms with Crippen LogP contribution in [0.2, 0.25) is 0 Å². The van der Waals surface area contributed by atoms with Gasteiger partial charge in [0.1, 0.15) is 0 Å². The van der Waals surface area contributed by atoms with Gasteiger partial charge in [0.25, 0.3) is 5.28 Å². The van der Waals surface area contributed by atoms with Gasteiger partial charge in [-0.1, -0.05) is 88.4 Å². The summed E-state index contributed by atoms with van der Waals surface area (Å²) in [7, 11) is 3.65. The number of allylic oxidation sites excluding steroid dienone is 2. The molecule has 172 valence electrons. The summed E-state index contributed by atoms with van der Waals surface area (Å²) in [6.45, 7) is 4.36. The van der Waals surface area contributed by atoms with Crippen LogP contribution >= 0.6 is 8.03 Å². The van der Waals surface area contributed by atoms with Crippen molar-refractivity contribution in [3.63, 3.8) is 0 Å². The van der Waals surface area contributed by atoms with Crippen LogP contribution in [0.15, 0.2) is 12.2 Å². The fourth-order valence-electron chi connectivity index (χ4n) is 4.28. The Morgan fingerprint density at radius 3 is 1.55 bits per heavy atom. The second-order valence-electron chi connectivity index (χ2n) is 9.69. The van der Waals surface area contributed by atoms with Gasteiger partial charge in [0.05, 0.1) is 21.1 Å². The van der Waals surface area contributed by atoms with Gasteiger partial charge in [-0.05, 0) is 38.5 Å². The van der Waals surface area contributed by atoms with Crippen molar-refractivity contribution in [2.24, 2.45) is 0 Å². The van der Waals surface area contributed by atoms with Crippen LogP contribution < -0.4 is 4.89 Å². The normalized spacial score (nSPS) is 15.0. The molecule has 0 spiro atoms. The molecule has 0 rings (SSSR count). The summed E-state index contributed by atoms with van der Waals surface area (Å²) in [6, 6.07) is 0. The fourth-order valence-corrected chi connectivity index (χ4v) is 5.52. The lowest BCUT2D eigenvalue weighted by Gasteiger charge is -2.39.